The Kier molecular flexibility index (Phi) is 5.96. The van der Waals surface area contributed by atoms with Gasteiger partial charge in [0.2, 0.25) is 0 Å². The molecule has 0 aliphatic rings. The molecule has 2 heterocycles. The number of fused-ring (bicyclic) bond motifs is 1. The maximum atomic E-state index is 14.1. The third-order valence-corrected chi connectivity index (χ3v) is 6.73. The molecule has 4 nitrogen and oxygen atoms in total. The second-order valence-electron chi connectivity index (χ2n) is 9.61. The van der Waals surface area contributed by atoms with Crippen molar-refractivity contribution in [3.63, 3.8) is 0 Å². The second-order valence-corrected chi connectivity index (χ2v) is 9.61. The highest BCUT2D eigenvalue weighted by Gasteiger charge is 2.46. The van der Waals surface area contributed by atoms with Crippen molar-refractivity contribution < 1.29 is 14.2 Å². The number of aromatic amines is 1. The number of methoxy groups -OCH3 is 1. The van der Waals surface area contributed by atoms with Crippen molar-refractivity contribution in [2.24, 2.45) is 5.41 Å². The number of rotatable bonds is 8. The van der Waals surface area contributed by atoms with Crippen LogP contribution < -0.4 is 4.74 Å². The smallest absolute Gasteiger partial charge is 0.123 e. The molecule has 0 saturated heterocycles. The predicted molar refractivity (Wildman–Crippen MR) is 119 cm³/mol. The zero-order chi connectivity index (χ0) is 22.2. The number of nitrogens with one attached hydrogen (secondary N) is 1. The van der Waals surface area contributed by atoms with Gasteiger partial charge in [0.1, 0.15) is 11.6 Å². The van der Waals surface area contributed by atoms with E-state index in [1.807, 2.05) is 19.9 Å². The largest absolute Gasteiger partial charge is 0.496 e. The summed E-state index contributed by atoms with van der Waals surface area (Å²) in [5.41, 5.74) is 0.773. The second kappa shape index (κ2) is 8.03. The van der Waals surface area contributed by atoms with E-state index in [0.29, 0.717) is 18.6 Å². The van der Waals surface area contributed by atoms with E-state index in [1.54, 1.807) is 25.6 Å². The van der Waals surface area contributed by atoms with Crippen LogP contribution in [0.2, 0.25) is 0 Å². The lowest BCUT2D eigenvalue weighted by molar-refractivity contribution is -0.0880. The van der Waals surface area contributed by atoms with Crippen molar-refractivity contribution in [3.8, 4) is 5.75 Å². The van der Waals surface area contributed by atoms with Crippen molar-refractivity contribution in [2.75, 3.05) is 7.11 Å². The van der Waals surface area contributed by atoms with Gasteiger partial charge in [-0.05, 0) is 54.0 Å². The zero-order valence-corrected chi connectivity index (χ0v) is 18.8. The molecule has 0 radical (unpaired) electrons. The van der Waals surface area contributed by atoms with Gasteiger partial charge in [0.15, 0.2) is 0 Å². The number of halogens is 1. The van der Waals surface area contributed by atoms with Crippen LogP contribution in [-0.2, 0) is 11.8 Å². The summed E-state index contributed by atoms with van der Waals surface area (Å²) in [5, 5.41) is 13.1. The van der Waals surface area contributed by atoms with E-state index in [-0.39, 0.29) is 11.2 Å². The first-order chi connectivity index (χ1) is 14.0. The summed E-state index contributed by atoms with van der Waals surface area (Å²) in [4.78, 5) is 7.57. The third kappa shape index (κ3) is 4.22. The van der Waals surface area contributed by atoms with Crippen LogP contribution in [0.15, 0.2) is 42.7 Å². The fraction of sp³-hybridized carbons (Fsp3) is 0.480. The van der Waals surface area contributed by atoms with Crippen LogP contribution in [0.5, 0.6) is 5.75 Å². The van der Waals surface area contributed by atoms with E-state index in [9.17, 15) is 9.50 Å². The standard InChI is InChI=1S/C25H33FN2O2/c1-7-24(4,5)25(29,14-19-12-17-10-11-27-15-21(17)28-19)16-23(2,3)20-13-18(26)8-9-22(20)30-6/h8-13,15,28-29H,7,14,16H2,1-6H3. The fourth-order valence-electron chi connectivity index (χ4n) is 4.35. The van der Waals surface area contributed by atoms with Crippen molar-refractivity contribution in [2.45, 2.75) is 64.9 Å². The predicted octanol–water partition coefficient (Wildman–Crippen LogP) is 5.79. The number of H-pyrrole nitrogens is 1. The SMILES string of the molecule is CCC(C)(C)C(O)(Cc1cc2ccncc2[nH]1)CC(C)(C)c1cc(F)ccc1OC. The van der Waals surface area contributed by atoms with Crippen LogP contribution in [-0.4, -0.2) is 27.8 Å². The topological polar surface area (TPSA) is 58.1 Å². The monoisotopic (exact) mass is 412 g/mol. The fourth-order valence-corrected chi connectivity index (χ4v) is 4.35. The molecule has 0 bridgehead atoms. The number of nitrogens with zero attached hydrogens (tertiary/aromatic N) is 1. The first-order valence-electron chi connectivity index (χ1n) is 10.5. The highest BCUT2D eigenvalue weighted by Crippen LogP contribution is 2.47. The summed E-state index contributed by atoms with van der Waals surface area (Å²) in [5.74, 6) is 0.329. The lowest BCUT2D eigenvalue weighted by atomic mass is 9.62. The molecule has 2 aromatic heterocycles. The summed E-state index contributed by atoms with van der Waals surface area (Å²) in [6.45, 7) is 10.4. The van der Waals surface area contributed by atoms with Gasteiger partial charge in [-0.3, -0.25) is 4.98 Å². The van der Waals surface area contributed by atoms with Crippen molar-refractivity contribution in [1.29, 1.82) is 0 Å². The molecule has 3 rings (SSSR count). The van der Waals surface area contributed by atoms with E-state index >= 15 is 0 Å². The highest BCUT2D eigenvalue weighted by molar-refractivity contribution is 5.79. The molecule has 0 saturated carbocycles. The molecule has 2 N–H and O–H groups in total. The Hall–Kier alpha value is -2.40. The number of hydrogen-bond acceptors (Lipinski definition) is 3. The molecule has 5 heteroatoms. The van der Waals surface area contributed by atoms with E-state index in [1.165, 1.54) is 12.1 Å². The quantitative estimate of drug-likeness (QED) is 0.492. The molecule has 0 aliphatic carbocycles. The summed E-state index contributed by atoms with van der Waals surface area (Å²) in [6, 6.07) is 8.61. The normalized spacial score (nSPS) is 14.7. The van der Waals surface area contributed by atoms with Crippen molar-refractivity contribution in [3.05, 3.63) is 59.8 Å². The first-order valence-corrected chi connectivity index (χ1v) is 10.5. The lowest BCUT2D eigenvalue weighted by Crippen LogP contribution is -2.50. The average molecular weight is 413 g/mol. The van der Waals surface area contributed by atoms with Gasteiger partial charge in [0.25, 0.3) is 0 Å². The lowest BCUT2D eigenvalue weighted by Gasteiger charge is -2.47. The van der Waals surface area contributed by atoms with Crippen LogP contribution in [0, 0.1) is 11.2 Å². The van der Waals surface area contributed by atoms with E-state index < -0.39 is 11.0 Å². The number of aromatic nitrogens is 2. The van der Waals surface area contributed by atoms with Crippen LogP contribution in [0.25, 0.3) is 10.9 Å². The van der Waals surface area contributed by atoms with Crippen LogP contribution in [0.3, 0.4) is 0 Å². The Morgan fingerprint density at radius 3 is 2.50 bits per heavy atom. The Morgan fingerprint density at radius 2 is 1.87 bits per heavy atom. The minimum absolute atomic E-state index is 0.305. The number of pyridine rings is 1. The van der Waals surface area contributed by atoms with Gasteiger partial charge in [-0.1, -0.05) is 34.6 Å². The van der Waals surface area contributed by atoms with Crippen LogP contribution in [0.4, 0.5) is 4.39 Å². The van der Waals surface area contributed by atoms with Gasteiger partial charge in [0, 0.05) is 29.3 Å². The third-order valence-electron chi connectivity index (χ3n) is 6.73. The molecule has 1 unspecified atom stereocenters. The first kappa shape index (κ1) is 22.3. The van der Waals surface area contributed by atoms with E-state index in [4.69, 9.17) is 4.74 Å². The average Bonchev–Trinajstić information content (AvgIpc) is 3.09. The van der Waals surface area contributed by atoms with Gasteiger partial charge in [0.05, 0.1) is 24.4 Å². The molecule has 0 spiro atoms. The van der Waals surface area contributed by atoms with Gasteiger partial charge in [-0.25, -0.2) is 4.39 Å². The summed E-state index contributed by atoms with van der Waals surface area (Å²) in [6.07, 6.45) is 5.28. The summed E-state index contributed by atoms with van der Waals surface area (Å²) >= 11 is 0. The maximum absolute atomic E-state index is 14.1. The minimum Gasteiger partial charge on any atom is -0.496 e. The van der Waals surface area contributed by atoms with Gasteiger partial charge in [-0.2, -0.15) is 0 Å². The Morgan fingerprint density at radius 1 is 1.13 bits per heavy atom. The molecule has 1 aromatic carbocycles. The van der Waals surface area contributed by atoms with Gasteiger partial charge < -0.3 is 14.8 Å². The number of benzene rings is 1. The Labute approximate surface area is 178 Å². The minimum atomic E-state index is -1.03. The van der Waals surface area contributed by atoms with Crippen molar-refractivity contribution in [1.82, 2.24) is 9.97 Å². The summed E-state index contributed by atoms with van der Waals surface area (Å²) < 4.78 is 19.6. The van der Waals surface area contributed by atoms with Crippen LogP contribution >= 0.6 is 0 Å². The van der Waals surface area contributed by atoms with Crippen molar-refractivity contribution >= 4 is 10.9 Å². The number of ether oxygens (including phenoxy) is 1. The van der Waals surface area contributed by atoms with Crippen LogP contribution in [0.1, 0.15) is 58.7 Å². The maximum Gasteiger partial charge on any atom is 0.123 e. The molecular formula is C25H33FN2O2. The molecule has 0 aliphatic heterocycles. The molecule has 1 atom stereocenters. The Balaban J connectivity index is 2.02. The molecule has 0 amide bonds. The van der Waals surface area contributed by atoms with Gasteiger partial charge in [-0.15, -0.1) is 0 Å². The molecule has 30 heavy (non-hydrogen) atoms. The van der Waals surface area contributed by atoms with E-state index in [0.717, 1.165) is 28.6 Å². The molecule has 3 aromatic rings. The van der Waals surface area contributed by atoms with E-state index in [2.05, 4.69) is 36.8 Å². The Bertz CT molecular complexity index is 992. The number of aliphatic hydroxyl groups is 1. The molecular weight excluding hydrogens is 379 g/mol. The number of hydrogen-bond donors (Lipinski definition) is 2. The molecule has 162 valence electrons. The molecule has 0 fully saturated rings. The highest BCUT2D eigenvalue weighted by atomic mass is 19.1. The zero-order valence-electron chi connectivity index (χ0n) is 18.8. The van der Waals surface area contributed by atoms with Gasteiger partial charge >= 0.3 is 0 Å². The summed E-state index contributed by atoms with van der Waals surface area (Å²) in [7, 11) is 1.59.